The summed E-state index contributed by atoms with van der Waals surface area (Å²) in [5, 5.41) is 0. The Hall–Kier alpha value is -1.42. The molecule has 0 aliphatic carbocycles. The van der Waals surface area contributed by atoms with Gasteiger partial charge < -0.3 is 4.98 Å². The van der Waals surface area contributed by atoms with Crippen molar-refractivity contribution in [1.29, 1.82) is 0 Å². The summed E-state index contributed by atoms with van der Waals surface area (Å²) in [5.41, 5.74) is 0.818. The number of nitrogens with one attached hydrogen (secondary N) is 1. The van der Waals surface area contributed by atoms with Crippen molar-refractivity contribution in [3.05, 3.63) is 62.7 Å². The lowest BCUT2D eigenvalue weighted by Gasteiger charge is -2.31. The standard InChI is InChI=1S/C15H17BrN2O/c1-3-15(4-2,11-8-6-5-7-9-11)14-17-10-12(16)13(19)18-14/h5-10H,3-4H2,1-2H3,(H,17,18,19). The highest BCUT2D eigenvalue weighted by atomic mass is 79.9. The summed E-state index contributed by atoms with van der Waals surface area (Å²) >= 11 is 3.19. The zero-order valence-electron chi connectivity index (χ0n) is 11.1. The monoisotopic (exact) mass is 320 g/mol. The Kier molecular flexibility index (Phi) is 4.20. The zero-order chi connectivity index (χ0) is 13.9. The molecule has 0 aliphatic heterocycles. The Labute approximate surface area is 121 Å². The fourth-order valence-electron chi connectivity index (χ4n) is 2.51. The van der Waals surface area contributed by atoms with Crippen LogP contribution in [0.5, 0.6) is 0 Å². The molecule has 19 heavy (non-hydrogen) atoms. The molecule has 0 spiro atoms. The highest BCUT2D eigenvalue weighted by Crippen LogP contribution is 2.36. The average molecular weight is 321 g/mol. The van der Waals surface area contributed by atoms with Crippen molar-refractivity contribution in [3.8, 4) is 0 Å². The molecule has 1 heterocycles. The first-order chi connectivity index (χ1) is 9.14. The summed E-state index contributed by atoms with van der Waals surface area (Å²) in [6.07, 6.45) is 3.35. The van der Waals surface area contributed by atoms with Gasteiger partial charge in [0.15, 0.2) is 0 Å². The van der Waals surface area contributed by atoms with Gasteiger partial charge in [0.1, 0.15) is 10.3 Å². The van der Waals surface area contributed by atoms with Crippen molar-refractivity contribution in [3.63, 3.8) is 0 Å². The molecule has 0 saturated carbocycles. The van der Waals surface area contributed by atoms with E-state index in [1.54, 1.807) is 6.20 Å². The summed E-state index contributed by atoms with van der Waals surface area (Å²) in [6, 6.07) is 10.2. The van der Waals surface area contributed by atoms with Crippen LogP contribution in [-0.4, -0.2) is 9.97 Å². The summed E-state index contributed by atoms with van der Waals surface area (Å²) in [5.74, 6) is 0.733. The maximum atomic E-state index is 11.8. The van der Waals surface area contributed by atoms with Crippen molar-refractivity contribution in [2.75, 3.05) is 0 Å². The Bertz CT molecular complexity index is 603. The van der Waals surface area contributed by atoms with Gasteiger partial charge in [0.25, 0.3) is 5.56 Å². The number of hydrogen-bond acceptors (Lipinski definition) is 2. The molecule has 0 bridgehead atoms. The van der Waals surface area contributed by atoms with Gasteiger partial charge in [-0.15, -0.1) is 0 Å². The van der Waals surface area contributed by atoms with Crippen molar-refractivity contribution >= 4 is 15.9 Å². The van der Waals surface area contributed by atoms with Gasteiger partial charge in [-0.2, -0.15) is 0 Å². The van der Waals surface area contributed by atoms with Crippen molar-refractivity contribution in [2.45, 2.75) is 32.1 Å². The van der Waals surface area contributed by atoms with Crippen LogP contribution in [0.3, 0.4) is 0 Å². The molecule has 0 amide bonds. The molecule has 4 heteroatoms. The highest BCUT2D eigenvalue weighted by molar-refractivity contribution is 9.10. The number of aromatic amines is 1. The minimum absolute atomic E-state index is 0.132. The van der Waals surface area contributed by atoms with E-state index in [1.165, 1.54) is 5.56 Å². The minimum atomic E-state index is -0.235. The molecular weight excluding hydrogens is 304 g/mol. The molecule has 1 aromatic carbocycles. The number of hydrogen-bond donors (Lipinski definition) is 1. The van der Waals surface area contributed by atoms with Gasteiger partial charge in [-0.25, -0.2) is 4.98 Å². The van der Waals surface area contributed by atoms with Crippen LogP contribution >= 0.6 is 15.9 Å². The molecule has 2 rings (SSSR count). The van der Waals surface area contributed by atoms with E-state index in [9.17, 15) is 4.79 Å². The zero-order valence-corrected chi connectivity index (χ0v) is 12.7. The Morgan fingerprint density at radius 2 is 1.84 bits per heavy atom. The molecule has 0 unspecified atom stereocenters. The smallest absolute Gasteiger partial charge is 0.265 e. The quantitative estimate of drug-likeness (QED) is 0.934. The number of aromatic nitrogens is 2. The number of rotatable bonds is 4. The molecule has 0 saturated heterocycles. The number of H-pyrrole nitrogens is 1. The van der Waals surface area contributed by atoms with Crippen LogP contribution in [0.15, 0.2) is 45.8 Å². The number of benzene rings is 1. The van der Waals surface area contributed by atoms with E-state index in [0.717, 1.165) is 18.7 Å². The van der Waals surface area contributed by atoms with Crippen molar-refractivity contribution in [2.24, 2.45) is 0 Å². The van der Waals surface area contributed by atoms with Crippen molar-refractivity contribution < 1.29 is 0 Å². The molecule has 3 nitrogen and oxygen atoms in total. The predicted octanol–water partition coefficient (Wildman–Crippen LogP) is 3.64. The van der Waals surface area contributed by atoms with E-state index in [1.807, 2.05) is 18.2 Å². The van der Waals surface area contributed by atoms with E-state index in [2.05, 4.69) is 51.9 Å². The highest BCUT2D eigenvalue weighted by Gasteiger charge is 2.33. The Balaban J connectivity index is 2.62. The first-order valence-corrected chi connectivity index (χ1v) is 7.24. The van der Waals surface area contributed by atoms with Crippen molar-refractivity contribution in [1.82, 2.24) is 9.97 Å². The second-order valence-electron chi connectivity index (χ2n) is 4.56. The minimum Gasteiger partial charge on any atom is -0.309 e. The third-order valence-electron chi connectivity index (χ3n) is 3.74. The third-order valence-corrected chi connectivity index (χ3v) is 4.31. The SMILES string of the molecule is CCC(CC)(c1ccccc1)c1ncc(Br)c(=O)[nH]1. The van der Waals surface area contributed by atoms with Gasteiger partial charge in [-0.1, -0.05) is 44.2 Å². The van der Waals surface area contributed by atoms with E-state index < -0.39 is 0 Å². The van der Waals surface area contributed by atoms with Gasteiger partial charge >= 0.3 is 0 Å². The first kappa shape index (κ1) is 14.0. The maximum Gasteiger partial charge on any atom is 0.265 e. The van der Waals surface area contributed by atoms with E-state index in [-0.39, 0.29) is 11.0 Å². The molecule has 1 N–H and O–H groups in total. The van der Waals surface area contributed by atoms with E-state index in [4.69, 9.17) is 0 Å². The molecule has 1 aromatic heterocycles. The maximum absolute atomic E-state index is 11.8. The lowest BCUT2D eigenvalue weighted by Crippen LogP contribution is -2.31. The van der Waals surface area contributed by atoms with Gasteiger partial charge in [-0.05, 0) is 34.3 Å². The topological polar surface area (TPSA) is 45.8 Å². The third kappa shape index (κ3) is 2.50. The summed E-state index contributed by atoms with van der Waals surface area (Å²) in [6.45, 7) is 4.25. The van der Waals surface area contributed by atoms with Crippen LogP contribution in [-0.2, 0) is 5.41 Å². The Morgan fingerprint density at radius 3 is 2.37 bits per heavy atom. The largest absolute Gasteiger partial charge is 0.309 e. The number of halogens is 1. The first-order valence-electron chi connectivity index (χ1n) is 6.45. The fraction of sp³-hybridized carbons (Fsp3) is 0.333. The van der Waals surface area contributed by atoms with E-state index >= 15 is 0 Å². The van der Waals surface area contributed by atoms with Crippen LogP contribution in [0.2, 0.25) is 0 Å². The van der Waals surface area contributed by atoms with E-state index in [0.29, 0.717) is 4.47 Å². The van der Waals surface area contributed by atoms with Crippen LogP contribution in [0, 0.1) is 0 Å². The van der Waals surface area contributed by atoms with Gasteiger partial charge in [0.05, 0.1) is 5.41 Å². The van der Waals surface area contributed by atoms with Crippen LogP contribution in [0.4, 0.5) is 0 Å². The van der Waals surface area contributed by atoms with Gasteiger partial charge in [-0.3, -0.25) is 4.79 Å². The summed E-state index contributed by atoms with van der Waals surface area (Å²) in [7, 11) is 0. The predicted molar refractivity (Wildman–Crippen MR) is 80.4 cm³/mol. The molecule has 0 radical (unpaired) electrons. The molecule has 0 fully saturated rings. The molecule has 100 valence electrons. The second kappa shape index (κ2) is 5.70. The van der Waals surface area contributed by atoms with Gasteiger partial charge in [0, 0.05) is 6.20 Å². The summed E-state index contributed by atoms with van der Waals surface area (Å²) in [4.78, 5) is 19.1. The molecule has 0 aliphatic rings. The average Bonchev–Trinajstić information content (AvgIpc) is 2.46. The van der Waals surface area contributed by atoms with Crippen LogP contribution in [0.25, 0.3) is 0 Å². The normalized spacial score (nSPS) is 11.5. The molecule has 0 atom stereocenters. The van der Waals surface area contributed by atoms with Crippen LogP contribution < -0.4 is 5.56 Å². The molecular formula is C15H17BrN2O. The lowest BCUT2D eigenvalue weighted by atomic mass is 9.75. The second-order valence-corrected chi connectivity index (χ2v) is 5.42. The Morgan fingerprint density at radius 1 is 1.21 bits per heavy atom. The number of nitrogens with zero attached hydrogens (tertiary/aromatic N) is 1. The fourth-order valence-corrected chi connectivity index (χ4v) is 2.71. The summed E-state index contributed by atoms with van der Waals surface area (Å²) < 4.78 is 0.463. The lowest BCUT2D eigenvalue weighted by molar-refractivity contribution is 0.447. The molecule has 2 aromatic rings. The van der Waals surface area contributed by atoms with Crippen LogP contribution in [0.1, 0.15) is 38.1 Å². The van der Waals surface area contributed by atoms with Gasteiger partial charge in [0.2, 0.25) is 0 Å².